The number of carbonyl (C=O) groups excluding carboxylic acids is 2. The van der Waals surface area contributed by atoms with Crippen LogP contribution in [0.5, 0.6) is 0 Å². The van der Waals surface area contributed by atoms with Crippen molar-refractivity contribution in [2.24, 2.45) is 0 Å². The molecular weight excluding hydrogens is 272 g/mol. The highest BCUT2D eigenvalue weighted by Crippen LogP contribution is 2.27. The number of esters is 1. The number of aromatic nitrogens is 2. The summed E-state index contributed by atoms with van der Waals surface area (Å²) in [5.74, 6) is -0.154. The smallest absolute Gasteiger partial charge is 0.360 e. The van der Waals surface area contributed by atoms with Crippen LogP contribution in [0.25, 0.3) is 0 Å². The number of amides is 1. The van der Waals surface area contributed by atoms with Crippen molar-refractivity contribution in [1.29, 1.82) is 0 Å². The predicted molar refractivity (Wildman–Crippen MR) is 76.6 cm³/mol. The second kappa shape index (κ2) is 6.51. The normalized spacial score (nSPS) is 15.8. The van der Waals surface area contributed by atoms with Gasteiger partial charge < -0.3 is 15.4 Å². The SMILES string of the molecule is CCC(=O)N1CCC(c2cnc(N)c(C(=O)OC)n2)CC1. The number of piperidine rings is 1. The molecule has 1 amide bonds. The highest BCUT2D eigenvalue weighted by molar-refractivity contribution is 5.91. The Labute approximate surface area is 123 Å². The van der Waals surface area contributed by atoms with E-state index in [1.54, 1.807) is 6.20 Å². The number of nitrogen functional groups attached to an aromatic ring is 1. The van der Waals surface area contributed by atoms with Gasteiger partial charge in [-0.1, -0.05) is 6.92 Å². The van der Waals surface area contributed by atoms with E-state index in [-0.39, 0.29) is 23.3 Å². The minimum absolute atomic E-state index is 0.0575. The second-order valence-corrected chi connectivity index (χ2v) is 5.03. The number of likely N-dealkylation sites (tertiary alicyclic amines) is 1. The number of rotatable bonds is 3. The van der Waals surface area contributed by atoms with E-state index in [0.29, 0.717) is 19.5 Å². The highest BCUT2D eigenvalue weighted by Gasteiger charge is 2.25. The van der Waals surface area contributed by atoms with Crippen molar-refractivity contribution in [3.05, 3.63) is 17.6 Å². The van der Waals surface area contributed by atoms with Crippen LogP contribution < -0.4 is 5.73 Å². The largest absolute Gasteiger partial charge is 0.464 e. The van der Waals surface area contributed by atoms with E-state index >= 15 is 0 Å². The number of anilines is 1. The van der Waals surface area contributed by atoms with Gasteiger partial charge in [-0.3, -0.25) is 4.79 Å². The monoisotopic (exact) mass is 292 g/mol. The van der Waals surface area contributed by atoms with Crippen LogP contribution in [0.15, 0.2) is 6.20 Å². The average molecular weight is 292 g/mol. The molecule has 0 aliphatic carbocycles. The first-order valence-electron chi connectivity index (χ1n) is 7.05. The fourth-order valence-corrected chi connectivity index (χ4v) is 2.50. The van der Waals surface area contributed by atoms with Crippen molar-refractivity contribution in [3.63, 3.8) is 0 Å². The van der Waals surface area contributed by atoms with E-state index < -0.39 is 5.97 Å². The molecule has 21 heavy (non-hydrogen) atoms. The van der Waals surface area contributed by atoms with Crippen LogP contribution in [0.3, 0.4) is 0 Å². The van der Waals surface area contributed by atoms with Gasteiger partial charge in [0.05, 0.1) is 19.0 Å². The summed E-state index contributed by atoms with van der Waals surface area (Å²) in [6.07, 6.45) is 3.75. The second-order valence-electron chi connectivity index (χ2n) is 5.03. The summed E-state index contributed by atoms with van der Waals surface area (Å²) in [5, 5.41) is 0. The summed E-state index contributed by atoms with van der Waals surface area (Å²) in [4.78, 5) is 33.4. The van der Waals surface area contributed by atoms with Gasteiger partial charge in [0.25, 0.3) is 0 Å². The predicted octanol–water partition coefficient (Wildman–Crippen LogP) is 0.961. The average Bonchev–Trinajstić information content (AvgIpc) is 2.54. The Morgan fingerprint density at radius 1 is 1.43 bits per heavy atom. The number of hydrogen-bond donors (Lipinski definition) is 1. The maximum Gasteiger partial charge on any atom is 0.360 e. The van der Waals surface area contributed by atoms with Gasteiger partial charge in [0.2, 0.25) is 5.91 Å². The Kier molecular flexibility index (Phi) is 4.72. The molecule has 0 spiro atoms. The molecule has 0 saturated carbocycles. The molecule has 2 heterocycles. The third-order valence-corrected chi connectivity index (χ3v) is 3.77. The highest BCUT2D eigenvalue weighted by atomic mass is 16.5. The summed E-state index contributed by atoms with van der Waals surface area (Å²) >= 11 is 0. The molecule has 0 radical (unpaired) electrons. The molecule has 7 nitrogen and oxygen atoms in total. The molecule has 0 atom stereocenters. The van der Waals surface area contributed by atoms with Gasteiger partial charge in [-0.2, -0.15) is 0 Å². The molecule has 1 aromatic heterocycles. The fourth-order valence-electron chi connectivity index (χ4n) is 2.50. The van der Waals surface area contributed by atoms with Crippen LogP contribution in [0, 0.1) is 0 Å². The standard InChI is InChI=1S/C14H20N4O3/c1-3-11(19)18-6-4-9(5-7-18)10-8-16-13(15)12(17-10)14(20)21-2/h8-9H,3-7H2,1-2H3,(H2,15,16). The first-order chi connectivity index (χ1) is 10.1. The Balaban J connectivity index is 2.10. The van der Waals surface area contributed by atoms with Gasteiger partial charge in [-0.05, 0) is 12.8 Å². The minimum Gasteiger partial charge on any atom is -0.464 e. The lowest BCUT2D eigenvalue weighted by molar-refractivity contribution is -0.131. The molecule has 0 aromatic carbocycles. The van der Waals surface area contributed by atoms with Crippen LogP contribution in [0.4, 0.5) is 5.82 Å². The maximum absolute atomic E-state index is 11.7. The number of carbonyl (C=O) groups is 2. The number of methoxy groups -OCH3 is 1. The molecule has 1 aliphatic rings. The lowest BCUT2D eigenvalue weighted by atomic mass is 9.93. The lowest BCUT2D eigenvalue weighted by Crippen LogP contribution is -2.37. The summed E-state index contributed by atoms with van der Waals surface area (Å²) in [7, 11) is 1.28. The molecular formula is C14H20N4O3. The molecule has 2 N–H and O–H groups in total. The Hall–Kier alpha value is -2.18. The Bertz CT molecular complexity index is 539. The third-order valence-electron chi connectivity index (χ3n) is 3.77. The molecule has 0 unspecified atom stereocenters. The van der Waals surface area contributed by atoms with Gasteiger partial charge in [0, 0.05) is 25.4 Å². The first-order valence-corrected chi connectivity index (χ1v) is 7.05. The quantitative estimate of drug-likeness (QED) is 0.833. The van der Waals surface area contributed by atoms with Crippen molar-refractivity contribution in [2.45, 2.75) is 32.1 Å². The van der Waals surface area contributed by atoms with Crippen molar-refractivity contribution in [1.82, 2.24) is 14.9 Å². The van der Waals surface area contributed by atoms with Crippen LogP contribution in [-0.4, -0.2) is 46.9 Å². The van der Waals surface area contributed by atoms with Gasteiger partial charge >= 0.3 is 5.97 Å². The molecule has 1 aliphatic heterocycles. The first kappa shape index (κ1) is 15.2. The Morgan fingerprint density at radius 3 is 2.67 bits per heavy atom. The van der Waals surface area contributed by atoms with E-state index in [2.05, 4.69) is 14.7 Å². The summed E-state index contributed by atoms with van der Waals surface area (Å²) in [6.45, 7) is 3.27. The van der Waals surface area contributed by atoms with E-state index in [4.69, 9.17) is 5.73 Å². The van der Waals surface area contributed by atoms with E-state index in [1.807, 2.05) is 11.8 Å². The van der Waals surface area contributed by atoms with Crippen LogP contribution >= 0.6 is 0 Å². The summed E-state index contributed by atoms with van der Waals surface area (Å²) in [6, 6.07) is 0. The van der Waals surface area contributed by atoms with Gasteiger partial charge in [0.1, 0.15) is 0 Å². The molecule has 1 fully saturated rings. The number of nitrogens with zero attached hydrogens (tertiary/aromatic N) is 3. The minimum atomic E-state index is -0.583. The van der Waals surface area contributed by atoms with Crippen molar-refractivity contribution in [2.75, 3.05) is 25.9 Å². The topological polar surface area (TPSA) is 98.4 Å². The van der Waals surface area contributed by atoms with Crippen LogP contribution in [0.1, 0.15) is 48.3 Å². The molecule has 7 heteroatoms. The third kappa shape index (κ3) is 3.29. The molecule has 114 valence electrons. The Morgan fingerprint density at radius 2 is 2.10 bits per heavy atom. The summed E-state index contributed by atoms with van der Waals surface area (Å²) < 4.78 is 4.65. The summed E-state index contributed by atoms with van der Waals surface area (Å²) in [5.41, 5.74) is 6.44. The molecule has 1 aromatic rings. The van der Waals surface area contributed by atoms with Crippen LogP contribution in [0.2, 0.25) is 0 Å². The zero-order valence-electron chi connectivity index (χ0n) is 12.3. The molecule has 1 saturated heterocycles. The van der Waals surface area contributed by atoms with E-state index in [1.165, 1.54) is 7.11 Å². The van der Waals surface area contributed by atoms with Crippen molar-refractivity contribution in [3.8, 4) is 0 Å². The van der Waals surface area contributed by atoms with Crippen molar-refractivity contribution >= 4 is 17.7 Å². The van der Waals surface area contributed by atoms with Gasteiger partial charge in [-0.15, -0.1) is 0 Å². The van der Waals surface area contributed by atoms with Gasteiger partial charge in [-0.25, -0.2) is 14.8 Å². The maximum atomic E-state index is 11.7. The van der Waals surface area contributed by atoms with Gasteiger partial charge in [0.15, 0.2) is 11.5 Å². The lowest BCUT2D eigenvalue weighted by Gasteiger charge is -2.31. The zero-order chi connectivity index (χ0) is 15.4. The van der Waals surface area contributed by atoms with E-state index in [9.17, 15) is 9.59 Å². The zero-order valence-corrected chi connectivity index (χ0v) is 12.3. The number of hydrogen-bond acceptors (Lipinski definition) is 6. The molecule has 0 bridgehead atoms. The van der Waals surface area contributed by atoms with Crippen molar-refractivity contribution < 1.29 is 14.3 Å². The number of ether oxygens (including phenoxy) is 1. The number of nitrogens with two attached hydrogens (primary N) is 1. The molecule has 2 rings (SSSR count). The van der Waals surface area contributed by atoms with Crippen LogP contribution in [-0.2, 0) is 9.53 Å². The van der Waals surface area contributed by atoms with E-state index in [0.717, 1.165) is 18.5 Å². The fraction of sp³-hybridized carbons (Fsp3) is 0.571.